The monoisotopic (exact) mass is 383 g/mol. The van der Waals surface area contributed by atoms with Crippen molar-refractivity contribution in [2.75, 3.05) is 20.7 Å². The second kappa shape index (κ2) is 7.68. The molecule has 0 saturated heterocycles. The molecule has 2 heteroatoms. The molecule has 0 N–H and O–H groups in total. The minimum Gasteiger partial charge on any atom is -0.497 e. The van der Waals surface area contributed by atoms with E-state index in [1.807, 2.05) is 0 Å². The predicted octanol–water partition coefficient (Wildman–Crippen LogP) is 6.16. The molecule has 0 aromatic heterocycles. The first-order chi connectivity index (χ1) is 14.2. The van der Waals surface area contributed by atoms with Gasteiger partial charge in [-0.3, -0.25) is 4.90 Å². The lowest BCUT2D eigenvalue weighted by molar-refractivity contribution is 0.343. The smallest absolute Gasteiger partial charge is 0.119 e. The number of nitrogens with zero attached hydrogens (tertiary/aromatic N) is 1. The molecule has 3 aromatic carbocycles. The second-order valence-corrected chi connectivity index (χ2v) is 8.73. The van der Waals surface area contributed by atoms with Gasteiger partial charge < -0.3 is 4.74 Å². The molecule has 2 bridgehead atoms. The maximum atomic E-state index is 5.39. The number of hydrogen-bond acceptors (Lipinski definition) is 2. The lowest BCUT2D eigenvalue weighted by atomic mass is 9.86. The first-order valence-corrected chi connectivity index (χ1v) is 10.7. The summed E-state index contributed by atoms with van der Waals surface area (Å²) in [5.41, 5.74) is 6.14. The van der Waals surface area contributed by atoms with Crippen LogP contribution in [0.4, 0.5) is 0 Å². The molecule has 2 aliphatic carbocycles. The van der Waals surface area contributed by atoms with Gasteiger partial charge >= 0.3 is 0 Å². The van der Waals surface area contributed by atoms with E-state index in [2.05, 4.69) is 78.7 Å². The lowest BCUT2D eigenvalue weighted by Crippen LogP contribution is -2.23. The molecule has 148 valence electrons. The summed E-state index contributed by atoms with van der Waals surface area (Å²) in [6, 6.07) is 24.2. The van der Waals surface area contributed by atoms with E-state index >= 15 is 0 Å². The van der Waals surface area contributed by atoms with Crippen molar-refractivity contribution in [1.82, 2.24) is 4.90 Å². The van der Waals surface area contributed by atoms with Crippen LogP contribution in [0.2, 0.25) is 0 Å². The van der Waals surface area contributed by atoms with Crippen molar-refractivity contribution in [3.05, 3.63) is 83.4 Å². The van der Waals surface area contributed by atoms with Crippen LogP contribution in [0.1, 0.15) is 30.4 Å². The normalized spacial score (nSPS) is 20.8. The van der Waals surface area contributed by atoms with E-state index < -0.39 is 0 Å². The van der Waals surface area contributed by atoms with Crippen LogP contribution in [0.5, 0.6) is 5.75 Å². The molecule has 0 heterocycles. The Balaban J connectivity index is 1.46. The minimum atomic E-state index is 0.746. The van der Waals surface area contributed by atoms with Crippen molar-refractivity contribution in [2.45, 2.75) is 25.8 Å². The number of allylic oxidation sites excluding steroid dienone is 1. The quantitative estimate of drug-likeness (QED) is 0.505. The second-order valence-electron chi connectivity index (χ2n) is 8.73. The van der Waals surface area contributed by atoms with Gasteiger partial charge in [-0.15, -0.1) is 0 Å². The van der Waals surface area contributed by atoms with Crippen LogP contribution in [0, 0.1) is 11.8 Å². The van der Waals surface area contributed by atoms with Crippen LogP contribution in [-0.4, -0.2) is 25.6 Å². The zero-order valence-corrected chi connectivity index (χ0v) is 17.4. The standard InChI is InChI=1S/C27H29NO/c1-28(17-19-6-4-3-5-7-19)18-26-22-9-11-24(15-22)27(26)23-10-8-21-16-25(29-2)13-12-20(21)14-23/h3-8,10,12-14,16,22,24H,9,11,15,17-18H2,1-2H3. The summed E-state index contributed by atoms with van der Waals surface area (Å²) < 4.78 is 5.39. The van der Waals surface area contributed by atoms with Crippen molar-refractivity contribution in [1.29, 1.82) is 0 Å². The van der Waals surface area contributed by atoms with Crippen LogP contribution in [0.25, 0.3) is 16.3 Å². The topological polar surface area (TPSA) is 12.5 Å². The first kappa shape index (κ1) is 18.4. The van der Waals surface area contributed by atoms with E-state index in [0.29, 0.717) is 0 Å². The third-order valence-electron chi connectivity index (χ3n) is 6.77. The van der Waals surface area contributed by atoms with Gasteiger partial charge in [-0.05, 0) is 89.4 Å². The lowest BCUT2D eigenvalue weighted by Gasteiger charge is -2.25. The number of benzene rings is 3. The van der Waals surface area contributed by atoms with Crippen molar-refractivity contribution < 1.29 is 4.74 Å². The van der Waals surface area contributed by atoms with E-state index in [9.17, 15) is 0 Å². The van der Waals surface area contributed by atoms with Crippen molar-refractivity contribution >= 4 is 16.3 Å². The van der Waals surface area contributed by atoms with Gasteiger partial charge in [0.15, 0.2) is 0 Å². The van der Waals surface area contributed by atoms with Gasteiger partial charge in [-0.25, -0.2) is 0 Å². The summed E-state index contributed by atoms with van der Waals surface area (Å²) in [7, 11) is 3.99. The van der Waals surface area contributed by atoms with Gasteiger partial charge in [0.25, 0.3) is 0 Å². The molecule has 29 heavy (non-hydrogen) atoms. The summed E-state index contributed by atoms with van der Waals surface area (Å²) in [6.45, 7) is 2.08. The van der Waals surface area contributed by atoms with Gasteiger partial charge in [-0.1, -0.05) is 48.5 Å². The Hall–Kier alpha value is -2.58. The molecule has 2 unspecified atom stereocenters. The fraction of sp³-hybridized carbons (Fsp3) is 0.333. The zero-order valence-electron chi connectivity index (χ0n) is 17.4. The number of hydrogen-bond donors (Lipinski definition) is 0. The first-order valence-electron chi connectivity index (χ1n) is 10.7. The van der Waals surface area contributed by atoms with Crippen LogP contribution in [0.3, 0.4) is 0 Å². The molecule has 0 aliphatic heterocycles. The van der Waals surface area contributed by atoms with Gasteiger partial charge in [0.1, 0.15) is 5.75 Å². The molecule has 1 fully saturated rings. The van der Waals surface area contributed by atoms with Crippen molar-refractivity contribution in [3.8, 4) is 5.75 Å². The zero-order chi connectivity index (χ0) is 19.8. The van der Waals surface area contributed by atoms with Gasteiger partial charge in [-0.2, -0.15) is 0 Å². The van der Waals surface area contributed by atoms with Crippen LogP contribution in [0.15, 0.2) is 72.3 Å². The number of ether oxygens (including phenoxy) is 1. The summed E-state index contributed by atoms with van der Waals surface area (Å²) in [5, 5.41) is 2.55. The molecule has 0 radical (unpaired) electrons. The molecular weight excluding hydrogens is 354 g/mol. The number of rotatable bonds is 6. The molecule has 3 aromatic rings. The number of fused-ring (bicyclic) bond motifs is 3. The Kier molecular flexibility index (Phi) is 4.89. The van der Waals surface area contributed by atoms with Gasteiger partial charge in [0.05, 0.1) is 7.11 Å². The molecule has 0 spiro atoms. The third-order valence-corrected chi connectivity index (χ3v) is 6.77. The average molecular weight is 384 g/mol. The summed E-state index contributed by atoms with van der Waals surface area (Å²) in [6.07, 6.45) is 4.07. The minimum absolute atomic E-state index is 0.746. The van der Waals surface area contributed by atoms with Gasteiger partial charge in [0, 0.05) is 13.1 Å². The van der Waals surface area contributed by atoms with E-state index in [4.69, 9.17) is 4.74 Å². The number of likely N-dealkylation sites (N-methyl/N-ethyl adjacent to an activating group) is 1. The molecule has 0 amide bonds. The Morgan fingerprint density at radius 1 is 0.862 bits per heavy atom. The third kappa shape index (κ3) is 3.58. The summed E-state index contributed by atoms with van der Waals surface area (Å²) >= 11 is 0. The Morgan fingerprint density at radius 3 is 2.45 bits per heavy atom. The van der Waals surface area contributed by atoms with E-state index in [0.717, 1.165) is 30.7 Å². The fourth-order valence-corrected chi connectivity index (χ4v) is 5.44. The molecule has 5 rings (SSSR count). The predicted molar refractivity (Wildman–Crippen MR) is 121 cm³/mol. The van der Waals surface area contributed by atoms with Crippen LogP contribution < -0.4 is 4.74 Å². The summed E-state index contributed by atoms with van der Waals surface area (Å²) in [4.78, 5) is 2.48. The van der Waals surface area contributed by atoms with Crippen LogP contribution in [-0.2, 0) is 6.54 Å². The van der Waals surface area contributed by atoms with E-state index in [1.165, 1.54) is 41.2 Å². The molecular formula is C27H29NO. The molecule has 2 aliphatic rings. The van der Waals surface area contributed by atoms with Gasteiger partial charge in [0.2, 0.25) is 0 Å². The van der Waals surface area contributed by atoms with E-state index in [-0.39, 0.29) is 0 Å². The SMILES string of the molecule is COc1ccc2cc(C3=C(CN(C)Cc4ccccc4)C4CCC3C4)ccc2c1. The highest BCUT2D eigenvalue weighted by molar-refractivity contribution is 5.88. The number of methoxy groups -OCH3 is 1. The Morgan fingerprint density at radius 2 is 1.62 bits per heavy atom. The average Bonchev–Trinajstić information content (AvgIpc) is 3.35. The maximum Gasteiger partial charge on any atom is 0.119 e. The van der Waals surface area contributed by atoms with Crippen molar-refractivity contribution in [2.24, 2.45) is 11.8 Å². The summed E-state index contributed by atoms with van der Waals surface area (Å²) in [5.74, 6) is 2.45. The maximum absolute atomic E-state index is 5.39. The Labute approximate surface area is 173 Å². The molecule has 1 saturated carbocycles. The highest BCUT2D eigenvalue weighted by Gasteiger charge is 2.39. The highest BCUT2D eigenvalue weighted by atomic mass is 16.5. The fourth-order valence-electron chi connectivity index (χ4n) is 5.44. The van der Waals surface area contributed by atoms with E-state index in [1.54, 1.807) is 18.3 Å². The van der Waals surface area contributed by atoms with Crippen LogP contribution >= 0.6 is 0 Å². The highest BCUT2D eigenvalue weighted by Crippen LogP contribution is 2.52. The molecule has 2 nitrogen and oxygen atoms in total. The molecule has 2 atom stereocenters. The Bertz CT molecular complexity index is 1050. The largest absolute Gasteiger partial charge is 0.497 e. The van der Waals surface area contributed by atoms with Crippen molar-refractivity contribution in [3.63, 3.8) is 0 Å².